The van der Waals surface area contributed by atoms with Crippen molar-refractivity contribution in [3.05, 3.63) is 28.7 Å². The van der Waals surface area contributed by atoms with Crippen molar-refractivity contribution in [1.82, 2.24) is 15.8 Å². The van der Waals surface area contributed by atoms with Gasteiger partial charge < -0.3 is 4.90 Å². The van der Waals surface area contributed by atoms with E-state index in [0.717, 1.165) is 42.5 Å². The predicted molar refractivity (Wildman–Crippen MR) is 122 cm³/mol. The Kier molecular flexibility index (Phi) is 6.29. The SMILES string of the molecule is CCC(SC1=NC2NNC(C)C2C(=N)N1c1ccc(Br)cc1)C(=O)N1CCCC1. The Labute approximate surface area is 184 Å². The zero-order valence-electron chi connectivity index (χ0n) is 16.7. The summed E-state index contributed by atoms with van der Waals surface area (Å²) in [6.07, 6.45) is 2.71. The van der Waals surface area contributed by atoms with E-state index in [1.807, 2.05) is 41.0 Å². The molecule has 2 saturated heterocycles. The smallest absolute Gasteiger partial charge is 0.236 e. The molecule has 4 rings (SSSR count). The predicted octanol–water partition coefficient (Wildman–Crippen LogP) is 3.18. The van der Waals surface area contributed by atoms with Crippen LogP contribution in [0.3, 0.4) is 0 Å². The van der Waals surface area contributed by atoms with Crippen molar-refractivity contribution < 1.29 is 4.79 Å². The van der Waals surface area contributed by atoms with Crippen LogP contribution in [0.4, 0.5) is 5.69 Å². The molecule has 1 aromatic rings. The minimum absolute atomic E-state index is 0.0580. The summed E-state index contributed by atoms with van der Waals surface area (Å²) < 4.78 is 0.988. The molecular weight excluding hydrogens is 452 g/mol. The molecular formula is C20H27BrN6OS. The number of carbonyl (C=O) groups excluding carboxylic acids is 1. The number of benzene rings is 1. The summed E-state index contributed by atoms with van der Waals surface area (Å²) >= 11 is 4.97. The molecule has 0 aromatic heterocycles. The monoisotopic (exact) mass is 478 g/mol. The van der Waals surface area contributed by atoms with Gasteiger partial charge in [-0.1, -0.05) is 34.6 Å². The maximum Gasteiger partial charge on any atom is 0.236 e. The average Bonchev–Trinajstić information content (AvgIpc) is 3.37. The van der Waals surface area contributed by atoms with E-state index in [9.17, 15) is 4.79 Å². The molecule has 0 bridgehead atoms. The zero-order chi connectivity index (χ0) is 20.5. The molecule has 156 valence electrons. The molecule has 3 heterocycles. The van der Waals surface area contributed by atoms with Crippen LogP contribution in [-0.4, -0.2) is 52.4 Å². The molecule has 2 fully saturated rings. The molecule has 7 nitrogen and oxygen atoms in total. The van der Waals surface area contributed by atoms with Crippen LogP contribution in [0.2, 0.25) is 0 Å². The normalized spacial score (nSPS) is 27.8. The van der Waals surface area contributed by atoms with E-state index < -0.39 is 0 Å². The summed E-state index contributed by atoms with van der Waals surface area (Å²) in [5.74, 6) is 0.633. The Balaban J connectivity index is 1.65. The number of thioether (sulfide) groups is 1. The van der Waals surface area contributed by atoms with Crippen molar-refractivity contribution in [2.45, 2.75) is 50.6 Å². The number of likely N-dealkylation sites (tertiary alicyclic amines) is 1. The first-order valence-electron chi connectivity index (χ1n) is 10.2. The van der Waals surface area contributed by atoms with Crippen LogP contribution < -0.4 is 15.8 Å². The van der Waals surface area contributed by atoms with Crippen molar-refractivity contribution in [3.8, 4) is 0 Å². The number of halogens is 1. The number of hydrogen-bond acceptors (Lipinski definition) is 6. The van der Waals surface area contributed by atoms with Crippen LogP contribution in [0.15, 0.2) is 33.7 Å². The van der Waals surface area contributed by atoms with Crippen LogP contribution >= 0.6 is 27.7 Å². The van der Waals surface area contributed by atoms with Gasteiger partial charge in [-0.15, -0.1) is 0 Å². The number of hydrazine groups is 1. The molecule has 1 amide bonds. The van der Waals surface area contributed by atoms with Gasteiger partial charge in [-0.3, -0.25) is 20.5 Å². The Morgan fingerprint density at radius 1 is 1.31 bits per heavy atom. The van der Waals surface area contributed by atoms with Crippen molar-refractivity contribution in [1.29, 1.82) is 5.41 Å². The third-order valence-corrected chi connectivity index (χ3v) is 7.58. The molecule has 0 spiro atoms. The summed E-state index contributed by atoms with van der Waals surface area (Å²) in [5.41, 5.74) is 7.31. The van der Waals surface area contributed by atoms with Crippen molar-refractivity contribution in [3.63, 3.8) is 0 Å². The van der Waals surface area contributed by atoms with Gasteiger partial charge in [0.15, 0.2) is 5.17 Å². The number of nitrogens with one attached hydrogen (secondary N) is 3. The average molecular weight is 479 g/mol. The number of aliphatic imine (C=N–C) groups is 1. The number of rotatable bonds is 4. The number of hydrogen-bond donors (Lipinski definition) is 3. The number of amides is 1. The van der Waals surface area contributed by atoms with E-state index >= 15 is 0 Å². The number of amidine groups is 2. The Morgan fingerprint density at radius 2 is 2.00 bits per heavy atom. The number of carbonyl (C=O) groups is 1. The van der Waals surface area contributed by atoms with E-state index in [1.165, 1.54) is 11.8 Å². The lowest BCUT2D eigenvalue weighted by atomic mass is 9.97. The molecule has 3 aliphatic heterocycles. The van der Waals surface area contributed by atoms with Gasteiger partial charge in [0.1, 0.15) is 12.0 Å². The number of nitrogens with zero attached hydrogens (tertiary/aromatic N) is 3. The molecule has 4 unspecified atom stereocenters. The highest BCUT2D eigenvalue weighted by molar-refractivity contribution is 9.10. The third-order valence-electron chi connectivity index (χ3n) is 5.73. The lowest BCUT2D eigenvalue weighted by molar-refractivity contribution is -0.129. The second-order valence-electron chi connectivity index (χ2n) is 7.70. The second-order valence-corrected chi connectivity index (χ2v) is 9.79. The first kappa shape index (κ1) is 20.8. The van der Waals surface area contributed by atoms with Gasteiger partial charge >= 0.3 is 0 Å². The van der Waals surface area contributed by atoms with Gasteiger partial charge in [0.05, 0.1) is 11.2 Å². The van der Waals surface area contributed by atoms with Gasteiger partial charge in [-0.2, -0.15) is 0 Å². The van der Waals surface area contributed by atoms with Crippen LogP contribution in [-0.2, 0) is 4.79 Å². The molecule has 0 aliphatic carbocycles. The van der Waals surface area contributed by atoms with Crippen molar-refractivity contribution in [2.75, 3.05) is 18.0 Å². The van der Waals surface area contributed by atoms with Gasteiger partial charge in [-0.25, -0.2) is 10.4 Å². The van der Waals surface area contributed by atoms with Crippen molar-refractivity contribution >= 4 is 50.3 Å². The minimum atomic E-state index is -0.194. The van der Waals surface area contributed by atoms with Crippen LogP contribution in [0.25, 0.3) is 0 Å². The summed E-state index contributed by atoms with van der Waals surface area (Å²) in [6, 6.07) is 8.02. The second kappa shape index (κ2) is 8.75. The fourth-order valence-electron chi connectivity index (χ4n) is 4.10. The molecule has 3 aliphatic rings. The van der Waals surface area contributed by atoms with Gasteiger partial charge in [0, 0.05) is 29.3 Å². The fourth-order valence-corrected chi connectivity index (χ4v) is 5.52. The summed E-state index contributed by atoms with van der Waals surface area (Å²) in [7, 11) is 0. The quantitative estimate of drug-likeness (QED) is 0.618. The molecule has 9 heteroatoms. The Morgan fingerprint density at radius 3 is 2.66 bits per heavy atom. The van der Waals surface area contributed by atoms with Gasteiger partial charge in [0.25, 0.3) is 0 Å². The fraction of sp³-hybridized carbons (Fsp3) is 0.550. The first-order chi connectivity index (χ1) is 14.0. The number of fused-ring (bicyclic) bond motifs is 1. The maximum absolute atomic E-state index is 13.0. The molecule has 29 heavy (non-hydrogen) atoms. The third kappa shape index (κ3) is 4.10. The standard InChI is InChI=1S/C20H27BrN6OS/c1-3-15(19(28)26-10-4-5-11-26)29-20-23-18-16(12(2)24-25-18)17(22)27(20)14-8-6-13(21)7-9-14/h6-9,12,15-16,18,22,24-25H,3-5,10-11H2,1-2H3. The summed E-state index contributed by atoms with van der Waals surface area (Å²) in [6.45, 7) is 5.81. The lowest BCUT2D eigenvalue weighted by Gasteiger charge is -2.37. The van der Waals surface area contributed by atoms with E-state index in [1.54, 1.807) is 0 Å². The maximum atomic E-state index is 13.0. The van der Waals surface area contributed by atoms with Gasteiger partial charge in [-0.05, 0) is 50.5 Å². The van der Waals surface area contributed by atoms with E-state index in [0.29, 0.717) is 11.0 Å². The summed E-state index contributed by atoms with van der Waals surface area (Å²) in [4.78, 5) is 21.9. The molecule has 1 aromatic carbocycles. The van der Waals surface area contributed by atoms with Crippen LogP contribution in [0.5, 0.6) is 0 Å². The summed E-state index contributed by atoms with van der Waals surface area (Å²) in [5, 5.41) is 9.46. The van der Waals surface area contributed by atoms with Crippen LogP contribution in [0.1, 0.15) is 33.1 Å². The lowest BCUT2D eigenvalue weighted by Crippen LogP contribution is -2.51. The largest absolute Gasteiger partial charge is 0.342 e. The van der Waals surface area contributed by atoms with Crippen LogP contribution in [0, 0.1) is 11.3 Å². The molecule has 0 radical (unpaired) electrons. The van der Waals surface area contributed by atoms with E-state index in [-0.39, 0.29) is 29.3 Å². The molecule has 0 saturated carbocycles. The highest BCUT2D eigenvalue weighted by Crippen LogP contribution is 2.34. The number of anilines is 1. The molecule has 4 atom stereocenters. The van der Waals surface area contributed by atoms with E-state index in [4.69, 9.17) is 10.4 Å². The highest BCUT2D eigenvalue weighted by Gasteiger charge is 2.44. The molecule has 3 N–H and O–H groups in total. The topological polar surface area (TPSA) is 83.8 Å². The van der Waals surface area contributed by atoms with Gasteiger partial charge in [0.2, 0.25) is 5.91 Å². The Bertz CT molecular complexity index is 810. The first-order valence-corrected chi connectivity index (χ1v) is 11.8. The Hall–Kier alpha value is -1.42. The van der Waals surface area contributed by atoms with Crippen molar-refractivity contribution in [2.24, 2.45) is 10.9 Å². The zero-order valence-corrected chi connectivity index (χ0v) is 19.1. The minimum Gasteiger partial charge on any atom is -0.342 e. The highest BCUT2D eigenvalue weighted by atomic mass is 79.9. The van der Waals surface area contributed by atoms with E-state index in [2.05, 4.69) is 33.7 Å².